The number of nitrogens with zero attached hydrogens (tertiary/aromatic N) is 3. The zero-order valence-corrected chi connectivity index (χ0v) is 13.7. The number of thiazole rings is 1. The summed E-state index contributed by atoms with van der Waals surface area (Å²) < 4.78 is 0. The van der Waals surface area contributed by atoms with Crippen molar-refractivity contribution in [2.75, 3.05) is 31.1 Å². The Kier molecular flexibility index (Phi) is 3.12. The summed E-state index contributed by atoms with van der Waals surface area (Å²) in [5, 5.41) is 1.07. The fourth-order valence-electron chi connectivity index (χ4n) is 3.56. The van der Waals surface area contributed by atoms with Gasteiger partial charge in [0.1, 0.15) is 0 Å². The molecule has 1 aromatic rings. The van der Waals surface area contributed by atoms with E-state index in [1.807, 2.05) is 0 Å². The van der Waals surface area contributed by atoms with Gasteiger partial charge >= 0.3 is 0 Å². The van der Waals surface area contributed by atoms with Crippen molar-refractivity contribution in [3.05, 3.63) is 10.6 Å². The number of carbonyl (C=O) groups is 1. The molecule has 1 saturated heterocycles. The van der Waals surface area contributed by atoms with Gasteiger partial charge < -0.3 is 4.90 Å². The van der Waals surface area contributed by atoms with Gasteiger partial charge in [-0.05, 0) is 24.7 Å². The molecule has 2 aliphatic carbocycles. The number of fused-ring (bicyclic) bond motifs is 1. The van der Waals surface area contributed by atoms with Gasteiger partial charge in [-0.25, -0.2) is 4.98 Å². The number of rotatable bonds is 2. The van der Waals surface area contributed by atoms with Crippen molar-refractivity contribution < 1.29 is 4.79 Å². The van der Waals surface area contributed by atoms with E-state index in [1.165, 1.54) is 12.8 Å². The Morgan fingerprint density at radius 3 is 2.52 bits per heavy atom. The smallest absolute Gasteiger partial charge is 0.186 e. The molecule has 5 heteroatoms. The summed E-state index contributed by atoms with van der Waals surface area (Å²) in [6, 6.07) is 0.860. The average molecular weight is 305 g/mol. The zero-order chi connectivity index (χ0) is 14.6. The van der Waals surface area contributed by atoms with E-state index < -0.39 is 0 Å². The highest BCUT2D eigenvalue weighted by Gasteiger charge is 2.36. The summed E-state index contributed by atoms with van der Waals surface area (Å²) in [5.74, 6) is 0.293. The van der Waals surface area contributed by atoms with Crippen molar-refractivity contribution in [2.45, 2.75) is 45.6 Å². The summed E-state index contributed by atoms with van der Waals surface area (Å²) in [6.45, 7) is 8.74. The van der Waals surface area contributed by atoms with E-state index in [9.17, 15) is 4.79 Å². The van der Waals surface area contributed by atoms with Crippen LogP contribution >= 0.6 is 11.3 Å². The average Bonchev–Trinajstić information content (AvgIpc) is 3.18. The Morgan fingerprint density at radius 1 is 1.14 bits per heavy atom. The molecule has 0 N–H and O–H groups in total. The molecule has 1 saturated carbocycles. The number of ketones is 1. The normalized spacial score (nSPS) is 26.0. The van der Waals surface area contributed by atoms with E-state index in [2.05, 4.69) is 23.6 Å². The van der Waals surface area contributed by atoms with Crippen LogP contribution in [-0.2, 0) is 6.42 Å². The molecule has 0 aromatic carbocycles. The van der Waals surface area contributed by atoms with E-state index in [4.69, 9.17) is 4.98 Å². The molecule has 21 heavy (non-hydrogen) atoms. The van der Waals surface area contributed by atoms with Gasteiger partial charge in [0.25, 0.3) is 0 Å². The van der Waals surface area contributed by atoms with Crippen LogP contribution in [-0.4, -0.2) is 47.9 Å². The molecule has 0 bridgehead atoms. The van der Waals surface area contributed by atoms with Gasteiger partial charge in [-0.2, -0.15) is 0 Å². The second kappa shape index (κ2) is 4.78. The molecule has 4 rings (SSSR count). The van der Waals surface area contributed by atoms with E-state index in [0.29, 0.717) is 12.2 Å². The minimum absolute atomic E-state index is 0.0695. The second-order valence-corrected chi connectivity index (χ2v) is 8.44. The quantitative estimate of drug-likeness (QED) is 0.841. The molecule has 0 amide bonds. The fourth-order valence-corrected chi connectivity index (χ4v) is 4.63. The third kappa shape index (κ3) is 2.61. The summed E-state index contributed by atoms with van der Waals surface area (Å²) >= 11 is 1.62. The van der Waals surface area contributed by atoms with Crippen LogP contribution in [0.2, 0.25) is 0 Å². The van der Waals surface area contributed by atoms with Crippen molar-refractivity contribution in [3.8, 4) is 0 Å². The van der Waals surface area contributed by atoms with Gasteiger partial charge in [-0.1, -0.05) is 25.2 Å². The van der Waals surface area contributed by atoms with Gasteiger partial charge in [0.15, 0.2) is 10.9 Å². The molecule has 1 aliphatic heterocycles. The highest BCUT2D eigenvalue weighted by atomic mass is 32.1. The Hall–Kier alpha value is -0.940. The number of hydrogen-bond donors (Lipinski definition) is 0. The molecule has 3 aliphatic rings. The molecule has 0 atom stereocenters. The summed E-state index contributed by atoms with van der Waals surface area (Å²) in [5.41, 5.74) is 1.11. The van der Waals surface area contributed by atoms with Crippen molar-refractivity contribution in [3.63, 3.8) is 0 Å². The first-order chi connectivity index (χ1) is 10.0. The molecule has 4 nitrogen and oxygen atoms in total. The van der Waals surface area contributed by atoms with Crippen LogP contribution in [0.5, 0.6) is 0 Å². The van der Waals surface area contributed by atoms with Crippen LogP contribution < -0.4 is 4.90 Å². The molecule has 0 unspecified atom stereocenters. The molecule has 2 fully saturated rings. The van der Waals surface area contributed by atoms with Gasteiger partial charge in [-0.3, -0.25) is 9.69 Å². The number of anilines is 1. The maximum absolute atomic E-state index is 12.3. The first-order valence-corrected chi connectivity index (χ1v) is 8.85. The standard InChI is InChI=1S/C16H23N3OS/c1-16(2)9-12-14(13(20)10-16)21-15(17-12)19-7-5-18(6-8-19)11-3-4-11/h11H,3-10H2,1-2H3. The lowest BCUT2D eigenvalue weighted by atomic mass is 9.78. The van der Waals surface area contributed by atoms with Crippen molar-refractivity contribution in [1.29, 1.82) is 0 Å². The molecule has 2 heterocycles. The number of hydrogen-bond acceptors (Lipinski definition) is 5. The Morgan fingerprint density at radius 2 is 1.86 bits per heavy atom. The molecule has 114 valence electrons. The lowest BCUT2D eigenvalue weighted by Gasteiger charge is -2.34. The van der Waals surface area contributed by atoms with E-state index >= 15 is 0 Å². The van der Waals surface area contributed by atoms with Crippen LogP contribution in [0.3, 0.4) is 0 Å². The van der Waals surface area contributed by atoms with Crippen LogP contribution in [0.1, 0.15) is 48.5 Å². The van der Waals surface area contributed by atoms with Gasteiger partial charge in [0.05, 0.1) is 10.6 Å². The monoisotopic (exact) mass is 305 g/mol. The van der Waals surface area contributed by atoms with E-state index in [-0.39, 0.29) is 5.41 Å². The molecule has 0 radical (unpaired) electrons. The minimum atomic E-state index is 0.0695. The Labute approximate surface area is 130 Å². The maximum Gasteiger partial charge on any atom is 0.186 e. The second-order valence-electron chi connectivity index (χ2n) is 7.47. The topological polar surface area (TPSA) is 36.4 Å². The molecule has 1 aromatic heterocycles. The SMILES string of the molecule is CC1(C)CC(=O)c2sc(N3CCN(C4CC4)CC3)nc2C1. The molecule has 0 spiro atoms. The maximum atomic E-state index is 12.3. The highest BCUT2D eigenvalue weighted by molar-refractivity contribution is 7.17. The van der Waals surface area contributed by atoms with E-state index in [1.54, 1.807) is 11.3 Å². The number of aromatic nitrogens is 1. The third-order valence-corrected chi connectivity index (χ3v) is 6.07. The highest BCUT2D eigenvalue weighted by Crippen LogP contribution is 2.39. The number of piperazine rings is 1. The van der Waals surface area contributed by atoms with Crippen LogP contribution in [0.15, 0.2) is 0 Å². The van der Waals surface area contributed by atoms with Crippen molar-refractivity contribution >= 4 is 22.3 Å². The lowest BCUT2D eigenvalue weighted by molar-refractivity contribution is 0.0916. The van der Waals surface area contributed by atoms with Gasteiger partial charge in [0.2, 0.25) is 0 Å². The lowest BCUT2D eigenvalue weighted by Crippen LogP contribution is -2.47. The predicted octanol–water partition coefficient (Wildman–Crippen LogP) is 2.58. The molecular weight excluding hydrogens is 282 g/mol. The number of Topliss-reactive ketones (excluding diaryl/α,β-unsaturated/α-hetero) is 1. The van der Waals surface area contributed by atoms with Crippen LogP contribution in [0.25, 0.3) is 0 Å². The van der Waals surface area contributed by atoms with Crippen molar-refractivity contribution in [2.24, 2.45) is 5.41 Å². The fraction of sp³-hybridized carbons (Fsp3) is 0.750. The van der Waals surface area contributed by atoms with E-state index in [0.717, 1.165) is 54.3 Å². The van der Waals surface area contributed by atoms with Gasteiger partial charge in [0, 0.05) is 38.6 Å². The largest absolute Gasteiger partial charge is 0.346 e. The van der Waals surface area contributed by atoms with Crippen molar-refractivity contribution in [1.82, 2.24) is 9.88 Å². The number of carbonyl (C=O) groups excluding carboxylic acids is 1. The third-order valence-electron chi connectivity index (χ3n) is 4.87. The minimum Gasteiger partial charge on any atom is -0.346 e. The first-order valence-electron chi connectivity index (χ1n) is 8.04. The summed E-state index contributed by atoms with van der Waals surface area (Å²) in [6.07, 6.45) is 4.37. The van der Waals surface area contributed by atoms with Gasteiger partial charge in [-0.15, -0.1) is 0 Å². The predicted molar refractivity (Wildman–Crippen MR) is 85.4 cm³/mol. The summed E-state index contributed by atoms with van der Waals surface area (Å²) in [7, 11) is 0. The van der Waals surface area contributed by atoms with Crippen LogP contribution in [0.4, 0.5) is 5.13 Å². The van der Waals surface area contributed by atoms with Crippen LogP contribution in [0, 0.1) is 5.41 Å². The first kappa shape index (κ1) is 13.7. The Balaban J connectivity index is 1.51. The molecular formula is C16H23N3OS. The zero-order valence-electron chi connectivity index (χ0n) is 12.9. The summed E-state index contributed by atoms with van der Waals surface area (Å²) in [4.78, 5) is 23.0. The Bertz CT molecular complexity index is 568.